The first-order chi connectivity index (χ1) is 18.2. The lowest BCUT2D eigenvalue weighted by Crippen LogP contribution is -2.32. The number of hydrogen-bond acceptors (Lipinski definition) is 10. The molecular weight excluding hydrogens is 619 g/mol. The molecule has 0 aliphatic rings. The lowest BCUT2D eigenvalue weighted by atomic mass is 10.3. The average molecular weight is 646 g/mol. The van der Waals surface area contributed by atoms with Gasteiger partial charge in [-0.25, -0.2) is 16.8 Å². The quantitative estimate of drug-likeness (QED) is 0.218. The van der Waals surface area contributed by atoms with Crippen molar-refractivity contribution in [2.75, 3.05) is 30.6 Å². The molecule has 10 nitrogen and oxygen atoms in total. The molecule has 2 rings (SSSR count). The largest absolute Gasteiger partial charge is 0.490 e. The number of ether oxygens (including phenoxy) is 4. The number of sulfone groups is 2. The number of benzene rings is 2. The van der Waals surface area contributed by atoms with E-state index in [1.54, 1.807) is 0 Å². The Labute approximate surface area is 242 Å². The van der Waals surface area contributed by atoms with Gasteiger partial charge in [-0.1, -0.05) is 30.1 Å². The molecule has 0 spiro atoms. The van der Waals surface area contributed by atoms with Crippen LogP contribution in [0.25, 0.3) is 0 Å². The molecule has 0 N–H and O–H groups in total. The second-order valence-electron chi connectivity index (χ2n) is 8.13. The van der Waals surface area contributed by atoms with Crippen LogP contribution in [0.4, 0.5) is 0 Å². The SMILES string of the molecule is CCS(=O)(=O)C[C@H](COc1ccc(S(=O)(=O)c2cc(Cl)c(OC[C@@H](CCl)OC(C)=O)c(Cl)c2)cc1)OC(C)=O. The zero-order chi connectivity index (χ0) is 29.4. The van der Waals surface area contributed by atoms with Crippen LogP contribution in [-0.2, 0) is 38.7 Å². The Morgan fingerprint density at radius 1 is 0.821 bits per heavy atom. The maximum absolute atomic E-state index is 13.2. The van der Waals surface area contributed by atoms with E-state index in [0.717, 1.165) is 6.92 Å². The molecule has 15 heteroatoms. The van der Waals surface area contributed by atoms with Gasteiger partial charge in [0.25, 0.3) is 0 Å². The lowest BCUT2D eigenvalue weighted by molar-refractivity contribution is -0.147. The van der Waals surface area contributed by atoms with Crippen molar-refractivity contribution < 1.29 is 45.4 Å². The Morgan fingerprint density at radius 2 is 1.33 bits per heavy atom. The van der Waals surface area contributed by atoms with E-state index in [1.165, 1.54) is 50.2 Å². The van der Waals surface area contributed by atoms with Crippen molar-refractivity contribution in [3.8, 4) is 11.5 Å². The summed E-state index contributed by atoms with van der Waals surface area (Å²) in [6, 6.07) is 7.64. The summed E-state index contributed by atoms with van der Waals surface area (Å²) in [6.07, 6.45) is -1.80. The van der Waals surface area contributed by atoms with Gasteiger partial charge in [0.05, 0.1) is 31.5 Å². The molecule has 0 radical (unpaired) electrons. The second-order valence-corrected chi connectivity index (χ2v) is 13.6. The standard InChI is InChI=1S/C24H27Cl3O10S2/c1-4-38(30,31)14-19(37-16(3)29)13-34-17-5-7-20(8-6-17)39(32,33)21-9-22(26)24(23(27)10-21)35-12-18(11-25)36-15(2)28/h5-10,18-19H,4,11-14H2,1-3H3/t18-,19+/m1/s1. The molecule has 0 saturated heterocycles. The van der Waals surface area contributed by atoms with Gasteiger partial charge < -0.3 is 18.9 Å². The van der Waals surface area contributed by atoms with Crippen LogP contribution in [0.2, 0.25) is 10.0 Å². The maximum Gasteiger partial charge on any atom is 0.303 e. The van der Waals surface area contributed by atoms with Gasteiger partial charge >= 0.3 is 11.9 Å². The van der Waals surface area contributed by atoms with Crippen LogP contribution in [0.5, 0.6) is 11.5 Å². The zero-order valence-electron chi connectivity index (χ0n) is 21.2. The van der Waals surface area contributed by atoms with E-state index in [9.17, 15) is 26.4 Å². The van der Waals surface area contributed by atoms with Crippen LogP contribution in [0.1, 0.15) is 20.8 Å². The van der Waals surface area contributed by atoms with Gasteiger partial charge in [-0.05, 0) is 36.4 Å². The van der Waals surface area contributed by atoms with Gasteiger partial charge in [0.2, 0.25) is 9.84 Å². The predicted molar refractivity (Wildman–Crippen MR) is 146 cm³/mol. The van der Waals surface area contributed by atoms with Crippen LogP contribution >= 0.6 is 34.8 Å². The second kappa shape index (κ2) is 14.4. The average Bonchev–Trinajstić information content (AvgIpc) is 2.85. The molecule has 39 heavy (non-hydrogen) atoms. The van der Waals surface area contributed by atoms with Crippen molar-refractivity contribution in [2.45, 2.75) is 42.8 Å². The van der Waals surface area contributed by atoms with E-state index in [1.807, 2.05) is 0 Å². The van der Waals surface area contributed by atoms with Crippen LogP contribution < -0.4 is 9.47 Å². The number of alkyl halides is 1. The Kier molecular flexibility index (Phi) is 12.2. The fourth-order valence-electron chi connectivity index (χ4n) is 3.14. The third-order valence-electron chi connectivity index (χ3n) is 4.98. The summed E-state index contributed by atoms with van der Waals surface area (Å²) < 4.78 is 71.2. The van der Waals surface area contributed by atoms with Gasteiger partial charge in [-0.3, -0.25) is 9.59 Å². The van der Waals surface area contributed by atoms with Crippen molar-refractivity contribution in [1.29, 1.82) is 0 Å². The molecule has 0 amide bonds. The Bertz CT molecular complexity index is 1350. The highest BCUT2D eigenvalue weighted by Gasteiger charge is 2.24. The minimum absolute atomic E-state index is 0.00396. The summed E-state index contributed by atoms with van der Waals surface area (Å²) in [7, 11) is -7.51. The molecule has 0 heterocycles. The summed E-state index contributed by atoms with van der Waals surface area (Å²) >= 11 is 18.2. The summed E-state index contributed by atoms with van der Waals surface area (Å²) in [5, 5.41) is -0.175. The molecule has 0 aromatic heterocycles. The molecule has 0 aliphatic carbocycles. The van der Waals surface area contributed by atoms with Crippen molar-refractivity contribution >= 4 is 66.4 Å². The molecule has 0 aliphatic heterocycles. The van der Waals surface area contributed by atoms with E-state index in [2.05, 4.69) is 0 Å². The Hall–Kier alpha value is -2.25. The molecule has 2 atom stereocenters. The molecule has 216 valence electrons. The molecular formula is C24H27Cl3O10S2. The Balaban J connectivity index is 2.17. The normalized spacial score (nSPS) is 13.3. The lowest BCUT2D eigenvalue weighted by Gasteiger charge is -2.18. The van der Waals surface area contributed by atoms with Gasteiger partial charge in [0, 0.05) is 19.6 Å². The van der Waals surface area contributed by atoms with E-state index >= 15 is 0 Å². The van der Waals surface area contributed by atoms with E-state index in [-0.39, 0.29) is 56.2 Å². The topological polar surface area (TPSA) is 139 Å². The van der Waals surface area contributed by atoms with E-state index in [4.69, 9.17) is 53.8 Å². The van der Waals surface area contributed by atoms with Crippen molar-refractivity contribution in [2.24, 2.45) is 0 Å². The number of halogens is 3. The number of rotatable bonds is 14. The Morgan fingerprint density at radius 3 is 1.82 bits per heavy atom. The molecule has 0 bridgehead atoms. The predicted octanol–water partition coefficient (Wildman–Crippen LogP) is 4.12. The van der Waals surface area contributed by atoms with Crippen LogP contribution in [0, 0.1) is 0 Å². The van der Waals surface area contributed by atoms with Crippen molar-refractivity contribution in [3.63, 3.8) is 0 Å². The van der Waals surface area contributed by atoms with E-state index < -0.39 is 49.6 Å². The zero-order valence-corrected chi connectivity index (χ0v) is 25.1. The first-order valence-corrected chi connectivity index (χ1v) is 16.0. The minimum Gasteiger partial charge on any atom is -0.490 e. The van der Waals surface area contributed by atoms with Crippen molar-refractivity contribution in [3.05, 3.63) is 46.4 Å². The smallest absolute Gasteiger partial charge is 0.303 e. The number of hydrogen-bond donors (Lipinski definition) is 0. The van der Waals surface area contributed by atoms with Crippen molar-refractivity contribution in [1.82, 2.24) is 0 Å². The summed E-state index contributed by atoms with van der Waals surface area (Å²) in [4.78, 5) is 22.2. The first kappa shape index (κ1) is 33.0. The molecule has 0 saturated carbocycles. The van der Waals surface area contributed by atoms with Crippen LogP contribution in [0.3, 0.4) is 0 Å². The highest BCUT2D eigenvalue weighted by Crippen LogP contribution is 2.37. The highest BCUT2D eigenvalue weighted by atomic mass is 35.5. The molecule has 2 aromatic rings. The first-order valence-electron chi connectivity index (χ1n) is 11.4. The summed E-state index contributed by atoms with van der Waals surface area (Å²) in [6.45, 7) is 3.45. The van der Waals surface area contributed by atoms with Gasteiger partial charge in [-0.15, -0.1) is 11.6 Å². The van der Waals surface area contributed by atoms with Gasteiger partial charge in [0.15, 0.2) is 15.6 Å². The highest BCUT2D eigenvalue weighted by molar-refractivity contribution is 7.91. The van der Waals surface area contributed by atoms with Gasteiger partial charge in [0.1, 0.15) is 31.2 Å². The maximum atomic E-state index is 13.2. The third kappa shape index (κ3) is 10.0. The fraction of sp³-hybridized carbons (Fsp3) is 0.417. The summed E-state index contributed by atoms with van der Waals surface area (Å²) in [5.41, 5.74) is 0. The third-order valence-corrected chi connectivity index (χ3v) is 9.40. The molecule has 0 fully saturated rings. The van der Waals surface area contributed by atoms with Gasteiger partial charge in [-0.2, -0.15) is 0 Å². The number of carbonyl (C=O) groups excluding carboxylic acids is 2. The van der Waals surface area contributed by atoms with Crippen LogP contribution in [0.15, 0.2) is 46.2 Å². The summed E-state index contributed by atoms with van der Waals surface area (Å²) in [5.74, 6) is -1.56. The fourth-order valence-corrected chi connectivity index (χ4v) is 6.30. The number of carbonyl (C=O) groups is 2. The van der Waals surface area contributed by atoms with Crippen LogP contribution in [-0.4, -0.2) is 71.6 Å². The minimum atomic E-state index is -4.06. The van der Waals surface area contributed by atoms with E-state index in [0.29, 0.717) is 0 Å². The molecule has 0 unspecified atom stereocenters. The monoisotopic (exact) mass is 644 g/mol. The number of esters is 2. The molecule has 2 aromatic carbocycles.